The van der Waals surface area contributed by atoms with E-state index in [1.165, 1.54) is 12.1 Å². The van der Waals surface area contributed by atoms with Gasteiger partial charge in [-0.15, -0.1) is 0 Å². The van der Waals surface area contributed by atoms with E-state index in [9.17, 15) is 14.0 Å². The van der Waals surface area contributed by atoms with E-state index < -0.39 is 12.0 Å². The van der Waals surface area contributed by atoms with Crippen LogP contribution >= 0.6 is 15.9 Å². The largest absolute Gasteiger partial charge is 0.497 e. The molecule has 0 spiro atoms. The van der Waals surface area contributed by atoms with Gasteiger partial charge < -0.3 is 15.0 Å². The van der Waals surface area contributed by atoms with Gasteiger partial charge in [0, 0.05) is 22.3 Å². The molecule has 4 rings (SSSR count). The summed E-state index contributed by atoms with van der Waals surface area (Å²) in [5.41, 5.74) is 3.00. The van der Waals surface area contributed by atoms with Crippen LogP contribution in [-0.4, -0.2) is 18.9 Å². The van der Waals surface area contributed by atoms with E-state index in [1.54, 1.807) is 48.4 Å². The molecular weight excluding hydrogens is 487 g/mol. The first kappa shape index (κ1) is 23.0. The molecule has 0 aliphatic carbocycles. The molecule has 1 aliphatic heterocycles. The third-order valence-corrected chi connectivity index (χ3v) is 6.44. The maximum absolute atomic E-state index is 13.7. The van der Waals surface area contributed by atoms with Gasteiger partial charge in [0.05, 0.1) is 19.1 Å². The molecule has 2 amide bonds. The lowest BCUT2D eigenvalue weighted by molar-refractivity contribution is -0.125. The summed E-state index contributed by atoms with van der Waals surface area (Å²) in [5, 5.41) is 3.03. The lowest BCUT2D eigenvalue weighted by atomic mass is 9.83. The molecule has 3 aromatic carbocycles. The Labute approximate surface area is 200 Å². The fraction of sp³-hybridized carbons (Fsp3) is 0.231. The van der Waals surface area contributed by atoms with Gasteiger partial charge in [-0.25, -0.2) is 4.39 Å². The van der Waals surface area contributed by atoms with Crippen molar-refractivity contribution >= 4 is 39.1 Å². The second-order valence-corrected chi connectivity index (χ2v) is 8.97. The molecule has 3 aromatic rings. The van der Waals surface area contributed by atoms with Crippen LogP contribution in [0.4, 0.5) is 15.8 Å². The van der Waals surface area contributed by atoms with Crippen molar-refractivity contribution in [2.75, 3.05) is 17.3 Å². The number of amides is 2. The van der Waals surface area contributed by atoms with Gasteiger partial charge in [-0.2, -0.15) is 0 Å². The van der Waals surface area contributed by atoms with Crippen LogP contribution in [-0.2, 0) is 9.59 Å². The Morgan fingerprint density at radius 1 is 1.09 bits per heavy atom. The predicted molar refractivity (Wildman–Crippen MR) is 130 cm³/mol. The Morgan fingerprint density at radius 3 is 2.42 bits per heavy atom. The van der Waals surface area contributed by atoms with E-state index in [1.807, 2.05) is 25.1 Å². The number of carbonyl (C=O) groups is 2. The number of nitrogens with one attached hydrogen (secondary N) is 1. The number of methoxy groups -OCH3 is 1. The predicted octanol–water partition coefficient (Wildman–Crippen LogP) is 6.03. The number of hydrogen-bond acceptors (Lipinski definition) is 3. The number of piperidine rings is 1. The van der Waals surface area contributed by atoms with Crippen LogP contribution in [0.3, 0.4) is 0 Å². The van der Waals surface area contributed by atoms with E-state index in [4.69, 9.17) is 4.74 Å². The highest BCUT2D eigenvalue weighted by atomic mass is 79.9. The first-order valence-corrected chi connectivity index (χ1v) is 11.5. The van der Waals surface area contributed by atoms with Crippen molar-refractivity contribution in [2.45, 2.75) is 25.8 Å². The Kier molecular flexibility index (Phi) is 6.79. The number of aryl methyl sites for hydroxylation is 1. The number of ether oxygens (including phenoxy) is 1. The Morgan fingerprint density at radius 2 is 1.79 bits per heavy atom. The lowest BCUT2D eigenvalue weighted by Crippen LogP contribution is -2.47. The molecule has 33 heavy (non-hydrogen) atoms. The third-order valence-electron chi connectivity index (χ3n) is 5.94. The summed E-state index contributed by atoms with van der Waals surface area (Å²) in [6.45, 7) is 1.92. The summed E-state index contributed by atoms with van der Waals surface area (Å²) in [6.07, 6.45) is 0.635. The van der Waals surface area contributed by atoms with Crippen LogP contribution in [0.1, 0.15) is 30.0 Å². The number of nitrogens with zero attached hydrogens (tertiary/aromatic N) is 1. The van der Waals surface area contributed by atoms with Gasteiger partial charge in [-0.1, -0.05) is 28.1 Å². The van der Waals surface area contributed by atoms with E-state index >= 15 is 0 Å². The molecule has 1 aliphatic rings. The van der Waals surface area contributed by atoms with Crippen molar-refractivity contribution in [3.05, 3.63) is 88.1 Å². The van der Waals surface area contributed by atoms with Crippen LogP contribution in [0.5, 0.6) is 5.75 Å². The van der Waals surface area contributed by atoms with E-state index in [-0.39, 0.29) is 24.1 Å². The van der Waals surface area contributed by atoms with Gasteiger partial charge in [0.2, 0.25) is 11.8 Å². The van der Waals surface area contributed by atoms with E-state index in [0.29, 0.717) is 29.1 Å². The highest BCUT2D eigenvalue weighted by Crippen LogP contribution is 2.41. The molecule has 170 valence electrons. The molecule has 0 unspecified atom stereocenters. The maximum Gasteiger partial charge on any atom is 0.229 e. The fourth-order valence-corrected chi connectivity index (χ4v) is 4.72. The summed E-state index contributed by atoms with van der Waals surface area (Å²) < 4.78 is 19.8. The molecule has 0 radical (unpaired) electrons. The first-order chi connectivity index (χ1) is 15.9. The van der Waals surface area contributed by atoms with Crippen molar-refractivity contribution in [1.82, 2.24) is 0 Å². The zero-order chi connectivity index (χ0) is 23.5. The second-order valence-electron chi connectivity index (χ2n) is 8.05. The lowest BCUT2D eigenvalue weighted by Gasteiger charge is -2.41. The van der Waals surface area contributed by atoms with Crippen LogP contribution in [0, 0.1) is 18.7 Å². The SMILES string of the molecule is COc1ccc(N2C(=O)CC[C@@H](C(=O)Nc3ccc(Br)cc3C)[C@H]2c2ccc(F)cc2)cc1. The number of benzene rings is 3. The topological polar surface area (TPSA) is 58.6 Å². The number of hydrogen-bond donors (Lipinski definition) is 1. The highest BCUT2D eigenvalue weighted by molar-refractivity contribution is 9.10. The molecule has 0 saturated carbocycles. The quantitative estimate of drug-likeness (QED) is 0.455. The zero-order valence-corrected chi connectivity index (χ0v) is 19.9. The van der Waals surface area contributed by atoms with Crippen molar-refractivity contribution < 1.29 is 18.7 Å². The third kappa shape index (κ3) is 4.93. The Balaban J connectivity index is 1.73. The first-order valence-electron chi connectivity index (χ1n) is 10.7. The number of rotatable bonds is 5. The van der Waals surface area contributed by atoms with E-state index in [2.05, 4.69) is 21.2 Å². The molecular formula is C26H24BrFN2O3. The standard InChI is InChI=1S/C26H24BrFN2O3/c1-16-15-18(27)5-13-23(16)29-26(32)22-12-14-24(31)30(20-8-10-21(33-2)11-9-20)25(22)17-3-6-19(28)7-4-17/h3-11,13,15,22,25H,12,14H2,1-2H3,(H,29,32)/t22-,25-/m1/s1. The zero-order valence-electron chi connectivity index (χ0n) is 18.3. The van der Waals surface area contributed by atoms with Crippen LogP contribution in [0.15, 0.2) is 71.2 Å². The summed E-state index contributed by atoms with van der Waals surface area (Å²) in [6, 6.07) is 18.2. The van der Waals surface area contributed by atoms with E-state index in [0.717, 1.165) is 10.0 Å². The molecule has 0 aromatic heterocycles. The number of halogens is 2. The average Bonchev–Trinajstić information content (AvgIpc) is 2.81. The van der Waals surface area contributed by atoms with Gasteiger partial charge in [-0.05, 0) is 79.1 Å². The minimum absolute atomic E-state index is 0.0848. The fourth-order valence-electron chi connectivity index (χ4n) is 4.25. The van der Waals surface area contributed by atoms with Gasteiger partial charge in [-0.3, -0.25) is 9.59 Å². The average molecular weight is 511 g/mol. The summed E-state index contributed by atoms with van der Waals surface area (Å²) in [4.78, 5) is 28.2. The summed E-state index contributed by atoms with van der Waals surface area (Å²) in [7, 11) is 1.58. The number of carbonyl (C=O) groups excluding carboxylic acids is 2. The van der Waals surface area contributed by atoms with Crippen molar-refractivity contribution in [2.24, 2.45) is 5.92 Å². The summed E-state index contributed by atoms with van der Waals surface area (Å²) in [5.74, 6) is -0.484. The van der Waals surface area contributed by atoms with Crippen molar-refractivity contribution in [1.29, 1.82) is 0 Å². The van der Waals surface area contributed by atoms with Gasteiger partial charge >= 0.3 is 0 Å². The van der Waals surface area contributed by atoms with Crippen LogP contribution < -0.4 is 15.0 Å². The molecule has 7 heteroatoms. The minimum Gasteiger partial charge on any atom is -0.497 e. The molecule has 1 N–H and O–H groups in total. The Bertz CT molecular complexity index is 1170. The molecule has 1 saturated heterocycles. The van der Waals surface area contributed by atoms with Gasteiger partial charge in [0.1, 0.15) is 11.6 Å². The molecule has 0 bridgehead atoms. The van der Waals surface area contributed by atoms with Crippen LogP contribution in [0.25, 0.3) is 0 Å². The smallest absolute Gasteiger partial charge is 0.229 e. The van der Waals surface area contributed by atoms with Crippen LogP contribution in [0.2, 0.25) is 0 Å². The summed E-state index contributed by atoms with van der Waals surface area (Å²) >= 11 is 3.44. The molecule has 2 atom stereocenters. The van der Waals surface area contributed by atoms with Gasteiger partial charge in [0.15, 0.2) is 0 Å². The van der Waals surface area contributed by atoms with Gasteiger partial charge in [0.25, 0.3) is 0 Å². The maximum atomic E-state index is 13.7. The van der Waals surface area contributed by atoms with Crippen molar-refractivity contribution in [3.63, 3.8) is 0 Å². The Hall–Kier alpha value is -3.19. The normalized spacial score (nSPS) is 18.2. The molecule has 1 heterocycles. The van der Waals surface area contributed by atoms with Crippen molar-refractivity contribution in [3.8, 4) is 5.75 Å². The minimum atomic E-state index is -0.573. The molecule has 5 nitrogen and oxygen atoms in total. The highest BCUT2D eigenvalue weighted by Gasteiger charge is 2.41. The monoisotopic (exact) mass is 510 g/mol. The second kappa shape index (κ2) is 9.75. The molecule has 1 fully saturated rings. The number of anilines is 2.